The van der Waals surface area contributed by atoms with Crippen LogP contribution in [-0.4, -0.2) is 75.7 Å². The molecule has 0 aromatic heterocycles. The number of rotatable bonds is 9. The van der Waals surface area contributed by atoms with E-state index >= 15 is 0 Å². The van der Waals surface area contributed by atoms with Crippen LogP contribution in [-0.2, 0) is 45.4 Å². The number of nitrogens with zero attached hydrogens (tertiary/aromatic N) is 2. The first kappa shape index (κ1) is 51.2. The number of nitrogens with one attached hydrogen (secondary N) is 4. The third kappa shape index (κ3) is 13.8. The molecule has 2 unspecified atom stereocenters. The van der Waals surface area contributed by atoms with Crippen molar-refractivity contribution >= 4 is 47.2 Å². The molecule has 0 spiro atoms. The van der Waals surface area contributed by atoms with Crippen molar-refractivity contribution in [1.29, 1.82) is 0 Å². The summed E-state index contributed by atoms with van der Waals surface area (Å²) in [5, 5.41) is 11.8. The molecule has 0 bridgehead atoms. The predicted octanol–water partition coefficient (Wildman–Crippen LogP) is 8.59. The number of halogens is 1. The third-order valence-electron chi connectivity index (χ3n) is 13.9. The van der Waals surface area contributed by atoms with Gasteiger partial charge in [-0.25, -0.2) is 4.39 Å². The highest BCUT2D eigenvalue weighted by Gasteiger charge is 2.41. The third-order valence-corrected chi connectivity index (χ3v) is 14.7. The number of imide groups is 2. The minimum absolute atomic E-state index is 0.0773. The van der Waals surface area contributed by atoms with Gasteiger partial charge < -0.3 is 20.4 Å². The number of amides is 6. The minimum Gasteiger partial charge on any atom is -0.322 e. The van der Waals surface area contributed by atoms with Crippen molar-refractivity contribution in [2.45, 2.75) is 159 Å². The number of fused-ring (bicyclic) bond motifs is 2. The van der Waals surface area contributed by atoms with Gasteiger partial charge in [0.2, 0.25) is 23.6 Å². The molecule has 0 radical (unpaired) electrons. The van der Waals surface area contributed by atoms with Crippen molar-refractivity contribution in [3.8, 4) is 0 Å². The molecular formula is C55H67FN6O6S. The van der Waals surface area contributed by atoms with E-state index in [-0.39, 0.29) is 55.3 Å². The Balaban J connectivity index is 0.000000137. The number of aryl methyl sites for hydroxylation is 2. The molecule has 10 rings (SSSR count). The molecule has 2 saturated carbocycles. The van der Waals surface area contributed by atoms with Crippen LogP contribution < -0.4 is 21.3 Å². The van der Waals surface area contributed by atoms with Crippen molar-refractivity contribution in [2.75, 3.05) is 6.26 Å². The number of hydrogen-bond donors (Lipinski definition) is 4. The van der Waals surface area contributed by atoms with Crippen LogP contribution in [0.5, 0.6) is 0 Å². The maximum atomic E-state index is 14.0. The number of thioether (sulfide) groups is 1. The minimum atomic E-state index is -0.702. The van der Waals surface area contributed by atoms with E-state index in [9.17, 15) is 33.2 Å². The first-order valence-corrected chi connectivity index (χ1v) is 25.9. The van der Waals surface area contributed by atoms with Gasteiger partial charge in [0.05, 0.1) is 6.54 Å². The Labute approximate surface area is 410 Å². The zero-order valence-corrected chi connectivity index (χ0v) is 41.1. The van der Waals surface area contributed by atoms with Crippen LogP contribution in [0.15, 0.2) is 89.8 Å². The van der Waals surface area contributed by atoms with Crippen LogP contribution >= 0.6 is 11.8 Å². The summed E-state index contributed by atoms with van der Waals surface area (Å²) in [6.07, 6.45) is 17.2. The van der Waals surface area contributed by atoms with Crippen LogP contribution in [0.25, 0.3) is 0 Å². The molecule has 6 aliphatic rings. The van der Waals surface area contributed by atoms with Gasteiger partial charge in [0.15, 0.2) is 0 Å². The lowest BCUT2D eigenvalue weighted by Gasteiger charge is -2.29. The lowest BCUT2D eigenvalue weighted by Crippen LogP contribution is -2.52. The van der Waals surface area contributed by atoms with Gasteiger partial charge in [-0.2, -0.15) is 0 Å². The number of carbonyl (C=O) groups excluding carboxylic acids is 6. The SMILES string of the molecule is CSc1ccc(CNC2CCCCC2)cc1.Cc1ccc2c(c1)CN(C1CCC(=O)NC1=O)C2=O.Cc1ccc2c(c1F)CN(C1CCC(=O)NC1=O)C2=O.c1ccc(CNC2CCCCC2)cc1. The molecule has 6 amide bonds. The molecule has 4 aromatic carbocycles. The second kappa shape index (κ2) is 24.7. The van der Waals surface area contributed by atoms with E-state index in [1.807, 2.05) is 19.1 Å². The largest absolute Gasteiger partial charge is 0.322 e. The summed E-state index contributed by atoms with van der Waals surface area (Å²) in [4.78, 5) is 74.8. The van der Waals surface area contributed by atoms with Crippen molar-refractivity contribution in [3.05, 3.63) is 135 Å². The second-order valence-electron chi connectivity index (χ2n) is 18.9. The molecule has 4 aliphatic heterocycles. The highest BCUT2D eigenvalue weighted by Crippen LogP contribution is 2.31. The molecule has 366 valence electrons. The Morgan fingerprint density at radius 3 is 1.64 bits per heavy atom. The summed E-state index contributed by atoms with van der Waals surface area (Å²) in [5.41, 5.74) is 6.63. The molecule has 4 heterocycles. The average Bonchev–Trinajstić information content (AvgIpc) is 3.87. The molecule has 69 heavy (non-hydrogen) atoms. The molecular weight excluding hydrogens is 892 g/mol. The quantitative estimate of drug-likeness (QED) is 0.0954. The molecule has 4 N–H and O–H groups in total. The summed E-state index contributed by atoms with van der Waals surface area (Å²) in [5.74, 6) is -2.32. The van der Waals surface area contributed by atoms with Crippen molar-refractivity contribution in [1.82, 2.24) is 31.1 Å². The van der Waals surface area contributed by atoms with Gasteiger partial charge >= 0.3 is 0 Å². The molecule has 2 saturated heterocycles. The fourth-order valence-electron chi connectivity index (χ4n) is 9.90. The highest BCUT2D eigenvalue weighted by molar-refractivity contribution is 7.98. The molecule has 2 aliphatic carbocycles. The Hall–Kier alpha value is -5.70. The summed E-state index contributed by atoms with van der Waals surface area (Å²) < 4.78 is 14.0. The molecule has 2 atom stereocenters. The Kier molecular flexibility index (Phi) is 18.3. The van der Waals surface area contributed by atoms with Gasteiger partial charge in [-0.15, -0.1) is 11.8 Å². The summed E-state index contributed by atoms with van der Waals surface area (Å²) in [7, 11) is 0. The first-order valence-electron chi connectivity index (χ1n) is 24.7. The Morgan fingerprint density at radius 2 is 1.10 bits per heavy atom. The zero-order chi connectivity index (χ0) is 48.9. The van der Waals surface area contributed by atoms with Gasteiger partial charge in [-0.3, -0.25) is 39.4 Å². The van der Waals surface area contributed by atoms with E-state index in [0.29, 0.717) is 35.2 Å². The van der Waals surface area contributed by atoms with Gasteiger partial charge in [0.25, 0.3) is 11.8 Å². The zero-order valence-electron chi connectivity index (χ0n) is 40.3. The van der Waals surface area contributed by atoms with E-state index in [2.05, 4.69) is 82.1 Å². The number of piperidine rings is 2. The average molecular weight is 959 g/mol. The van der Waals surface area contributed by atoms with E-state index in [0.717, 1.165) is 36.3 Å². The standard InChI is InChI=1S/C14H13FN2O3.C14H14N2O3.C14H21NS.C13H19N/c1-7-2-3-8-9(12(7)15)6-17(14(8)20)10-4-5-11(18)16-13(10)19;1-8-2-3-10-9(6-8)7-16(14(10)19)11-4-5-12(17)15-13(11)18;1-16-14-9-7-12(8-10-14)11-15-13-5-3-2-4-6-13;1-3-7-12(8-4-1)11-14-13-9-5-2-6-10-13/h2-3,10H,4-6H2,1H3,(H,16,18,19);2-3,6,11H,4-5,7H2,1H3,(H,15,17,18);7-10,13,15H,2-6,11H2,1H3;1,3-4,7-8,13-14H,2,5-6,9-11H2. The molecule has 14 heteroatoms. The smallest absolute Gasteiger partial charge is 0.255 e. The predicted molar refractivity (Wildman–Crippen MR) is 266 cm³/mol. The Morgan fingerprint density at radius 1 is 0.594 bits per heavy atom. The molecule has 12 nitrogen and oxygen atoms in total. The number of carbonyl (C=O) groups is 6. The van der Waals surface area contributed by atoms with Crippen molar-refractivity contribution < 1.29 is 33.2 Å². The van der Waals surface area contributed by atoms with E-state index in [4.69, 9.17) is 0 Å². The molecule has 4 aromatic rings. The lowest BCUT2D eigenvalue weighted by atomic mass is 9.95. The van der Waals surface area contributed by atoms with Gasteiger partial charge in [-0.1, -0.05) is 105 Å². The van der Waals surface area contributed by atoms with E-state index in [1.54, 1.807) is 41.8 Å². The van der Waals surface area contributed by atoms with Crippen LogP contribution in [0.1, 0.15) is 144 Å². The monoisotopic (exact) mass is 958 g/mol. The maximum absolute atomic E-state index is 14.0. The summed E-state index contributed by atoms with van der Waals surface area (Å²) >= 11 is 1.80. The van der Waals surface area contributed by atoms with Crippen LogP contribution in [0.3, 0.4) is 0 Å². The highest BCUT2D eigenvalue weighted by atomic mass is 32.2. The van der Waals surface area contributed by atoms with E-state index < -0.39 is 23.8 Å². The fourth-order valence-corrected chi connectivity index (χ4v) is 10.3. The Bertz CT molecular complexity index is 2460. The van der Waals surface area contributed by atoms with Crippen LogP contribution in [0.4, 0.5) is 4.39 Å². The van der Waals surface area contributed by atoms with Gasteiger partial charge in [0.1, 0.15) is 17.9 Å². The first-order chi connectivity index (χ1) is 33.4. The summed E-state index contributed by atoms with van der Waals surface area (Å²) in [6.45, 7) is 6.19. The number of hydrogen-bond acceptors (Lipinski definition) is 9. The van der Waals surface area contributed by atoms with Crippen molar-refractivity contribution in [2.24, 2.45) is 0 Å². The van der Waals surface area contributed by atoms with Crippen molar-refractivity contribution in [3.63, 3.8) is 0 Å². The fraction of sp³-hybridized carbons (Fsp3) is 0.455. The summed E-state index contributed by atoms with van der Waals surface area (Å²) in [6, 6.07) is 28.7. The van der Waals surface area contributed by atoms with Gasteiger partial charge in [-0.05, 0) is 105 Å². The lowest BCUT2D eigenvalue weighted by molar-refractivity contribution is -0.138. The number of benzene rings is 4. The van der Waals surface area contributed by atoms with Crippen LogP contribution in [0, 0.1) is 19.7 Å². The normalized spacial score (nSPS) is 20.3. The molecule has 4 fully saturated rings. The maximum Gasteiger partial charge on any atom is 0.255 e. The van der Waals surface area contributed by atoms with Gasteiger partial charge in [0, 0.05) is 66.1 Å². The van der Waals surface area contributed by atoms with Crippen LogP contribution in [0.2, 0.25) is 0 Å². The second-order valence-corrected chi connectivity index (χ2v) is 19.8. The topological polar surface area (TPSA) is 157 Å². The van der Waals surface area contributed by atoms with E-state index in [1.165, 1.54) is 85.1 Å².